The second kappa shape index (κ2) is 8.95. The Kier molecular flexibility index (Phi) is 6.89. The number of rotatable bonds is 9. The summed E-state index contributed by atoms with van der Waals surface area (Å²) in [6, 6.07) is 14.3. The summed E-state index contributed by atoms with van der Waals surface area (Å²) in [5.74, 6) is 0. The molecule has 0 radical (unpaired) electrons. The molecule has 0 spiro atoms. The Morgan fingerprint density at radius 2 is 2.00 bits per heavy atom. The highest BCUT2D eigenvalue weighted by Crippen LogP contribution is 2.09. The number of aliphatic hydroxyl groups excluding tert-OH is 1. The maximum Gasteiger partial charge on any atom is 0.0900 e. The summed E-state index contributed by atoms with van der Waals surface area (Å²) in [5.41, 5.74) is 1.13. The smallest absolute Gasteiger partial charge is 0.0900 e. The van der Waals surface area contributed by atoms with Gasteiger partial charge in [0.15, 0.2) is 0 Å². The van der Waals surface area contributed by atoms with Gasteiger partial charge in [0, 0.05) is 18.0 Å². The Labute approximate surface area is 130 Å². The second-order valence-electron chi connectivity index (χ2n) is 5.25. The van der Waals surface area contributed by atoms with Gasteiger partial charge in [-0.1, -0.05) is 36.4 Å². The molecule has 1 heterocycles. The molecule has 1 aromatic heterocycles. The Morgan fingerprint density at radius 1 is 1.19 bits per heavy atom. The maximum atomic E-state index is 9.99. The van der Waals surface area contributed by atoms with E-state index in [0.717, 1.165) is 18.5 Å². The molecule has 0 aliphatic heterocycles. The first-order valence-electron chi connectivity index (χ1n) is 7.24. The van der Waals surface area contributed by atoms with Crippen molar-refractivity contribution in [2.75, 3.05) is 26.7 Å². The van der Waals surface area contributed by atoms with Gasteiger partial charge in [-0.2, -0.15) is 0 Å². The van der Waals surface area contributed by atoms with Crippen LogP contribution in [0.4, 0.5) is 0 Å². The number of nitrogens with zero attached hydrogens (tertiary/aromatic N) is 1. The SMILES string of the molecule is CN(CCc1cccs1)CC(O)COCc1ccccc1. The molecule has 0 saturated heterocycles. The number of hydrogen-bond donors (Lipinski definition) is 1. The van der Waals surface area contributed by atoms with Crippen molar-refractivity contribution in [1.29, 1.82) is 0 Å². The quantitative estimate of drug-likeness (QED) is 0.773. The minimum Gasteiger partial charge on any atom is -0.389 e. The molecule has 1 aromatic carbocycles. The van der Waals surface area contributed by atoms with E-state index >= 15 is 0 Å². The van der Waals surface area contributed by atoms with Gasteiger partial charge in [0.25, 0.3) is 0 Å². The van der Waals surface area contributed by atoms with Gasteiger partial charge in [0.1, 0.15) is 0 Å². The van der Waals surface area contributed by atoms with E-state index in [-0.39, 0.29) is 0 Å². The van der Waals surface area contributed by atoms with Gasteiger partial charge in [0.05, 0.1) is 19.3 Å². The van der Waals surface area contributed by atoms with E-state index in [1.54, 1.807) is 11.3 Å². The van der Waals surface area contributed by atoms with E-state index in [2.05, 4.69) is 22.4 Å². The molecule has 3 nitrogen and oxygen atoms in total. The van der Waals surface area contributed by atoms with Crippen molar-refractivity contribution in [2.45, 2.75) is 19.1 Å². The van der Waals surface area contributed by atoms with Crippen molar-refractivity contribution < 1.29 is 9.84 Å². The molecule has 1 atom stereocenters. The normalized spacial score (nSPS) is 12.7. The molecule has 4 heteroatoms. The van der Waals surface area contributed by atoms with Crippen LogP contribution in [0.3, 0.4) is 0 Å². The van der Waals surface area contributed by atoms with Crippen LogP contribution < -0.4 is 0 Å². The van der Waals surface area contributed by atoms with E-state index in [4.69, 9.17) is 4.74 Å². The Hall–Kier alpha value is -1.20. The van der Waals surface area contributed by atoms with Crippen molar-refractivity contribution in [3.8, 4) is 0 Å². The van der Waals surface area contributed by atoms with E-state index in [1.807, 2.05) is 37.4 Å². The molecule has 0 saturated carbocycles. The zero-order valence-corrected chi connectivity index (χ0v) is 13.3. The summed E-state index contributed by atoms with van der Waals surface area (Å²) < 4.78 is 5.56. The van der Waals surface area contributed by atoms with Crippen LogP contribution in [0.15, 0.2) is 47.8 Å². The minimum atomic E-state index is -0.443. The standard InChI is InChI=1S/C17H23NO2S/c1-18(10-9-17-8-5-11-21-17)12-16(19)14-20-13-15-6-3-2-4-7-15/h2-8,11,16,19H,9-10,12-14H2,1H3. The summed E-state index contributed by atoms with van der Waals surface area (Å²) in [4.78, 5) is 3.53. The number of aliphatic hydroxyl groups is 1. The van der Waals surface area contributed by atoms with Crippen molar-refractivity contribution >= 4 is 11.3 Å². The topological polar surface area (TPSA) is 32.7 Å². The molecule has 2 aromatic rings. The number of ether oxygens (including phenoxy) is 1. The van der Waals surface area contributed by atoms with Crippen LogP contribution in [-0.4, -0.2) is 42.9 Å². The fourth-order valence-corrected chi connectivity index (χ4v) is 2.84. The van der Waals surface area contributed by atoms with Crippen LogP contribution in [0.1, 0.15) is 10.4 Å². The van der Waals surface area contributed by atoms with Gasteiger partial charge < -0.3 is 14.7 Å². The third-order valence-electron chi connectivity index (χ3n) is 3.26. The highest BCUT2D eigenvalue weighted by Gasteiger charge is 2.09. The molecule has 0 fully saturated rings. The fraction of sp³-hybridized carbons (Fsp3) is 0.412. The van der Waals surface area contributed by atoms with E-state index in [1.165, 1.54) is 4.88 Å². The Balaban J connectivity index is 1.59. The van der Waals surface area contributed by atoms with Crippen molar-refractivity contribution in [1.82, 2.24) is 4.90 Å². The van der Waals surface area contributed by atoms with Crippen LogP contribution in [0.5, 0.6) is 0 Å². The van der Waals surface area contributed by atoms with Gasteiger partial charge in [0.2, 0.25) is 0 Å². The minimum absolute atomic E-state index is 0.373. The third kappa shape index (κ3) is 6.40. The lowest BCUT2D eigenvalue weighted by Gasteiger charge is -2.20. The van der Waals surface area contributed by atoms with Crippen molar-refractivity contribution in [3.63, 3.8) is 0 Å². The first kappa shape index (κ1) is 16.2. The maximum absolute atomic E-state index is 9.99. The lowest BCUT2D eigenvalue weighted by Crippen LogP contribution is -2.33. The summed E-state index contributed by atoms with van der Waals surface area (Å²) in [6.45, 7) is 2.52. The van der Waals surface area contributed by atoms with Gasteiger partial charge in [-0.25, -0.2) is 0 Å². The first-order chi connectivity index (χ1) is 10.2. The van der Waals surface area contributed by atoms with Gasteiger partial charge >= 0.3 is 0 Å². The molecule has 114 valence electrons. The van der Waals surface area contributed by atoms with Crippen LogP contribution in [0, 0.1) is 0 Å². The van der Waals surface area contributed by atoms with Gasteiger partial charge in [-0.05, 0) is 30.5 Å². The predicted molar refractivity (Wildman–Crippen MR) is 87.6 cm³/mol. The molecular formula is C17H23NO2S. The predicted octanol–water partition coefficient (Wildman–Crippen LogP) is 2.80. The lowest BCUT2D eigenvalue weighted by atomic mass is 10.2. The number of benzene rings is 1. The zero-order chi connectivity index (χ0) is 14.9. The first-order valence-corrected chi connectivity index (χ1v) is 8.12. The Bertz CT molecular complexity index is 487. The summed E-state index contributed by atoms with van der Waals surface area (Å²) >= 11 is 1.78. The molecule has 0 bridgehead atoms. The average molecular weight is 305 g/mol. The van der Waals surface area contributed by atoms with Crippen LogP contribution in [-0.2, 0) is 17.8 Å². The van der Waals surface area contributed by atoms with E-state index in [9.17, 15) is 5.11 Å². The molecule has 1 N–H and O–H groups in total. The van der Waals surface area contributed by atoms with Gasteiger partial charge in [-0.3, -0.25) is 0 Å². The average Bonchev–Trinajstić information content (AvgIpc) is 2.99. The highest BCUT2D eigenvalue weighted by molar-refractivity contribution is 7.09. The second-order valence-corrected chi connectivity index (χ2v) is 6.28. The fourth-order valence-electron chi connectivity index (χ4n) is 2.15. The van der Waals surface area contributed by atoms with Crippen LogP contribution >= 0.6 is 11.3 Å². The third-order valence-corrected chi connectivity index (χ3v) is 4.20. The molecule has 2 rings (SSSR count). The largest absolute Gasteiger partial charge is 0.389 e. The highest BCUT2D eigenvalue weighted by atomic mass is 32.1. The van der Waals surface area contributed by atoms with Crippen molar-refractivity contribution in [3.05, 3.63) is 58.3 Å². The van der Waals surface area contributed by atoms with Crippen LogP contribution in [0.2, 0.25) is 0 Å². The molecular weight excluding hydrogens is 282 g/mol. The number of thiophene rings is 1. The lowest BCUT2D eigenvalue weighted by molar-refractivity contribution is 0.0139. The van der Waals surface area contributed by atoms with Crippen molar-refractivity contribution in [2.24, 2.45) is 0 Å². The molecule has 0 amide bonds. The summed E-state index contributed by atoms with van der Waals surface area (Å²) in [6.07, 6.45) is 0.591. The molecule has 0 aliphatic carbocycles. The number of likely N-dealkylation sites (N-methyl/N-ethyl adjacent to an activating group) is 1. The van der Waals surface area contributed by atoms with E-state index in [0.29, 0.717) is 19.8 Å². The molecule has 1 unspecified atom stereocenters. The Morgan fingerprint density at radius 3 is 2.71 bits per heavy atom. The zero-order valence-electron chi connectivity index (χ0n) is 12.4. The van der Waals surface area contributed by atoms with E-state index < -0.39 is 6.10 Å². The monoisotopic (exact) mass is 305 g/mol. The molecule has 21 heavy (non-hydrogen) atoms. The van der Waals surface area contributed by atoms with Crippen LogP contribution in [0.25, 0.3) is 0 Å². The summed E-state index contributed by atoms with van der Waals surface area (Å²) in [7, 11) is 2.04. The summed E-state index contributed by atoms with van der Waals surface area (Å²) in [5, 5.41) is 12.1. The molecule has 0 aliphatic rings. The number of hydrogen-bond acceptors (Lipinski definition) is 4. The van der Waals surface area contributed by atoms with Gasteiger partial charge in [-0.15, -0.1) is 11.3 Å².